The fraction of sp³-hybridized carbons (Fsp3) is 0.500. The van der Waals surface area contributed by atoms with Gasteiger partial charge in [0, 0.05) is 29.6 Å². The van der Waals surface area contributed by atoms with Gasteiger partial charge in [-0.25, -0.2) is 8.42 Å². The van der Waals surface area contributed by atoms with E-state index in [4.69, 9.17) is 0 Å². The molecule has 2 aliphatic carbocycles. The summed E-state index contributed by atoms with van der Waals surface area (Å²) in [6.45, 7) is 2.18. The SMILES string of the molecule is Cc1ccsc1C1Nc2ccc(S(=O)(=O)N(C)C3CCCCC3)cc2C2C=CCC21. The lowest BCUT2D eigenvalue weighted by atomic mass is 9.78. The molecule has 3 unspecified atom stereocenters. The van der Waals surface area contributed by atoms with Crippen LogP contribution < -0.4 is 5.32 Å². The maximum atomic E-state index is 13.4. The van der Waals surface area contributed by atoms with Crippen LogP contribution in [0.15, 0.2) is 46.7 Å². The number of benzene rings is 1. The van der Waals surface area contributed by atoms with Crippen LogP contribution in [0.2, 0.25) is 0 Å². The maximum absolute atomic E-state index is 13.4. The van der Waals surface area contributed by atoms with Crippen molar-refractivity contribution in [2.45, 2.75) is 68.3 Å². The zero-order valence-corrected chi connectivity index (χ0v) is 19.3. The third-order valence-corrected chi connectivity index (χ3v) is 10.3. The topological polar surface area (TPSA) is 49.4 Å². The smallest absolute Gasteiger partial charge is 0.243 e. The summed E-state index contributed by atoms with van der Waals surface area (Å²) in [6, 6.07) is 8.30. The monoisotopic (exact) mass is 442 g/mol. The molecule has 2 heterocycles. The molecule has 3 atom stereocenters. The molecule has 5 rings (SSSR count). The average molecular weight is 443 g/mol. The van der Waals surface area contributed by atoms with Crippen molar-refractivity contribution < 1.29 is 8.42 Å². The first-order valence-electron chi connectivity index (χ1n) is 11.1. The van der Waals surface area contributed by atoms with Gasteiger partial charge in [-0.3, -0.25) is 0 Å². The number of nitrogens with one attached hydrogen (secondary N) is 1. The van der Waals surface area contributed by atoms with Crippen molar-refractivity contribution in [2.75, 3.05) is 12.4 Å². The van der Waals surface area contributed by atoms with E-state index in [1.807, 2.05) is 23.5 Å². The van der Waals surface area contributed by atoms with Gasteiger partial charge in [0.15, 0.2) is 0 Å². The van der Waals surface area contributed by atoms with Crippen molar-refractivity contribution in [3.05, 3.63) is 57.8 Å². The minimum atomic E-state index is -3.48. The third-order valence-electron chi connectivity index (χ3n) is 7.28. The predicted octanol–water partition coefficient (Wildman–Crippen LogP) is 5.84. The van der Waals surface area contributed by atoms with E-state index in [-0.39, 0.29) is 18.0 Å². The number of rotatable bonds is 4. The molecule has 6 heteroatoms. The summed E-state index contributed by atoms with van der Waals surface area (Å²) in [7, 11) is -1.72. The molecule has 1 aromatic heterocycles. The van der Waals surface area contributed by atoms with Gasteiger partial charge < -0.3 is 5.32 Å². The molecule has 0 radical (unpaired) electrons. The molecule has 2 aromatic rings. The fourth-order valence-electron chi connectivity index (χ4n) is 5.50. The highest BCUT2D eigenvalue weighted by Gasteiger charge is 2.40. The van der Waals surface area contributed by atoms with Crippen molar-refractivity contribution in [1.82, 2.24) is 4.31 Å². The summed E-state index contributed by atoms with van der Waals surface area (Å²) >= 11 is 1.81. The van der Waals surface area contributed by atoms with E-state index >= 15 is 0 Å². The third kappa shape index (κ3) is 3.33. The fourth-order valence-corrected chi connectivity index (χ4v) is 8.01. The second-order valence-electron chi connectivity index (χ2n) is 9.01. The Kier molecular flexibility index (Phi) is 5.28. The number of aryl methyl sites for hydroxylation is 1. The van der Waals surface area contributed by atoms with Crippen LogP contribution in [-0.2, 0) is 10.0 Å². The summed E-state index contributed by atoms with van der Waals surface area (Å²) < 4.78 is 28.4. The van der Waals surface area contributed by atoms with E-state index < -0.39 is 10.0 Å². The average Bonchev–Trinajstić information content (AvgIpc) is 3.42. The van der Waals surface area contributed by atoms with Gasteiger partial charge in [-0.2, -0.15) is 4.31 Å². The Bertz CT molecular complexity index is 1070. The number of sulfonamides is 1. The van der Waals surface area contributed by atoms with Gasteiger partial charge in [0.05, 0.1) is 10.9 Å². The maximum Gasteiger partial charge on any atom is 0.243 e. The molecule has 1 fully saturated rings. The second kappa shape index (κ2) is 7.81. The van der Waals surface area contributed by atoms with Crippen LogP contribution in [0.25, 0.3) is 0 Å². The van der Waals surface area contributed by atoms with Gasteiger partial charge in [0.2, 0.25) is 10.0 Å². The second-order valence-corrected chi connectivity index (χ2v) is 12.0. The first-order chi connectivity index (χ1) is 14.5. The highest BCUT2D eigenvalue weighted by Crippen LogP contribution is 2.51. The summed E-state index contributed by atoms with van der Waals surface area (Å²) in [5.41, 5.74) is 3.53. The summed E-state index contributed by atoms with van der Waals surface area (Å²) in [4.78, 5) is 1.83. The Morgan fingerprint density at radius 2 is 1.93 bits per heavy atom. The van der Waals surface area contributed by atoms with Crippen LogP contribution in [0.5, 0.6) is 0 Å². The lowest BCUT2D eigenvalue weighted by molar-refractivity contribution is 0.286. The molecule has 0 bridgehead atoms. The Hall–Kier alpha value is -1.63. The Morgan fingerprint density at radius 1 is 1.13 bits per heavy atom. The molecule has 0 spiro atoms. The van der Waals surface area contributed by atoms with Crippen molar-refractivity contribution >= 4 is 27.0 Å². The van der Waals surface area contributed by atoms with E-state index in [1.165, 1.54) is 16.9 Å². The highest BCUT2D eigenvalue weighted by molar-refractivity contribution is 7.89. The number of allylic oxidation sites excluding steroid dienone is 2. The predicted molar refractivity (Wildman–Crippen MR) is 124 cm³/mol. The van der Waals surface area contributed by atoms with Gasteiger partial charge in [-0.05, 0) is 72.9 Å². The Morgan fingerprint density at radius 3 is 2.67 bits per heavy atom. The van der Waals surface area contributed by atoms with Gasteiger partial charge >= 0.3 is 0 Å². The zero-order valence-electron chi connectivity index (χ0n) is 17.7. The number of hydrogen-bond acceptors (Lipinski definition) is 4. The summed E-state index contributed by atoms with van der Waals surface area (Å²) in [5, 5.41) is 5.91. The van der Waals surface area contributed by atoms with Crippen LogP contribution in [0.1, 0.15) is 66.5 Å². The lowest BCUT2D eigenvalue weighted by Gasteiger charge is -2.37. The largest absolute Gasteiger partial charge is 0.377 e. The van der Waals surface area contributed by atoms with Crippen LogP contribution >= 0.6 is 11.3 Å². The highest BCUT2D eigenvalue weighted by atomic mass is 32.2. The molecule has 30 heavy (non-hydrogen) atoms. The number of hydrogen-bond donors (Lipinski definition) is 1. The number of nitrogens with zero attached hydrogens (tertiary/aromatic N) is 1. The molecule has 3 aliphatic rings. The van der Waals surface area contributed by atoms with E-state index in [2.05, 4.69) is 35.8 Å². The minimum Gasteiger partial charge on any atom is -0.377 e. The van der Waals surface area contributed by atoms with E-state index in [0.717, 1.165) is 43.4 Å². The first kappa shape index (κ1) is 20.3. The lowest BCUT2D eigenvalue weighted by Crippen LogP contribution is -2.38. The molecule has 1 aromatic carbocycles. The molecule has 1 N–H and O–H groups in total. The van der Waals surface area contributed by atoms with Crippen molar-refractivity contribution in [3.8, 4) is 0 Å². The molecule has 1 aliphatic heterocycles. The Balaban J connectivity index is 1.49. The van der Waals surface area contributed by atoms with Crippen LogP contribution in [0.4, 0.5) is 5.69 Å². The van der Waals surface area contributed by atoms with E-state index in [1.54, 1.807) is 17.4 Å². The molecule has 160 valence electrons. The zero-order chi connectivity index (χ0) is 20.9. The first-order valence-corrected chi connectivity index (χ1v) is 13.4. The van der Waals surface area contributed by atoms with Gasteiger partial charge in [-0.1, -0.05) is 31.4 Å². The van der Waals surface area contributed by atoms with Crippen LogP contribution in [0.3, 0.4) is 0 Å². The van der Waals surface area contributed by atoms with Crippen molar-refractivity contribution in [1.29, 1.82) is 0 Å². The standard InChI is InChI=1S/C24H30N2O2S2/c1-16-13-14-29-24(16)23-20-10-6-9-19(20)21-15-18(11-12-22(21)25-23)30(27,28)26(2)17-7-4-3-5-8-17/h6,9,11-15,17,19-20,23,25H,3-5,7-8,10H2,1-2H3. The molecule has 0 amide bonds. The molecule has 1 saturated carbocycles. The van der Waals surface area contributed by atoms with Crippen LogP contribution in [-0.4, -0.2) is 25.8 Å². The minimum absolute atomic E-state index is 0.128. The van der Waals surface area contributed by atoms with E-state index in [0.29, 0.717) is 10.8 Å². The molecule has 4 nitrogen and oxygen atoms in total. The Labute approximate surface area is 184 Å². The molecular weight excluding hydrogens is 412 g/mol. The van der Waals surface area contributed by atoms with Crippen molar-refractivity contribution in [3.63, 3.8) is 0 Å². The van der Waals surface area contributed by atoms with Gasteiger partial charge in [0.25, 0.3) is 0 Å². The molecule has 0 saturated heterocycles. The number of fused-ring (bicyclic) bond motifs is 3. The summed E-state index contributed by atoms with van der Waals surface area (Å²) in [6.07, 6.45) is 11.0. The van der Waals surface area contributed by atoms with Gasteiger partial charge in [-0.15, -0.1) is 11.3 Å². The normalized spacial score (nSPS) is 26.4. The summed E-state index contributed by atoms with van der Waals surface area (Å²) in [5.74, 6) is 0.701. The van der Waals surface area contributed by atoms with Crippen LogP contribution in [0, 0.1) is 12.8 Å². The van der Waals surface area contributed by atoms with Crippen molar-refractivity contribution in [2.24, 2.45) is 5.92 Å². The number of anilines is 1. The quantitative estimate of drug-likeness (QED) is 0.606. The van der Waals surface area contributed by atoms with Gasteiger partial charge in [0.1, 0.15) is 0 Å². The van der Waals surface area contributed by atoms with E-state index in [9.17, 15) is 8.42 Å². The molecular formula is C24H30N2O2S2. The number of thiophene rings is 1.